The summed E-state index contributed by atoms with van der Waals surface area (Å²) in [6, 6.07) is 5.14. The van der Waals surface area contributed by atoms with Crippen LogP contribution >= 0.6 is 11.6 Å². The van der Waals surface area contributed by atoms with Crippen molar-refractivity contribution in [3.8, 4) is 0 Å². The Morgan fingerprint density at radius 2 is 2.25 bits per heavy atom. The maximum atomic E-state index is 13.8. The van der Waals surface area contributed by atoms with E-state index in [1.807, 2.05) is 6.07 Å². The van der Waals surface area contributed by atoms with E-state index in [2.05, 4.69) is 12.2 Å². The van der Waals surface area contributed by atoms with Crippen LogP contribution in [0.1, 0.15) is 37.8 Å². The van der Waals surface area contributed by atoms with Gasteiger partial charge in [0.15, 0.2) is 0 Å². The van der Waals surface area contributed by atoms with Crippen molar-refractivity contribution in [3.05, 3.63) is 34.6 Å². The number of hydrogen-bond acceptors (Lipinski definition) is 1. The fourth-order valence-corrected chi connectivity index (χ4v) is 2.17. The number of rotatable bonds is 5. The zero-order valence-corrected chi connectivity index (χ0v) is 10.2. The van der Waals surface area contributed by atoms with Crippen LogP contribution in [0.15, 0.2) is 18.2 Å². The van der Waals surface area contributed by atoms with Crippen LogP contribution < -0.4 is 5.32 Å². The fraction of sp³-hybridized carbons (Fsp3) is 0.538. The van der Waals surface area contributed by atoms with Gasteiger partial charge in [0.25, 0.3) is 0 Å². The third-order valence-electron chi connectivity index (χ3n) is 3.01. The summed E-state index contributed by atoms with van der Waals surface area (Å²) in [4.78, 5) is 0. The van der Waals surface area contributed by atoms with Gasteiger partial charge in [-0.1, -0.05) is 24.6 Å². The quantitative estimate of drug-likeness (QED) is 0.824. The first-order valence-corrected chi connectivity index (χ1v) is 6.28. The maximum absolute atomic E-state index is 13.8. The largest absolute Gasteiger partial charge is 0.310 e. The second-order valence-corrected chi connectivity index (χ2v) is 4.87. The van der Waals surface area contributed by atoms with Gasteiger partial charge in [0.1, 0.15) is 5.82 Å². The second-order valence-electron chi connectivity index (χ2n) is 4.44. The lowest BCUT2D eigenvalue weighted by atomic mass is 10.0. The van der Waals surface area contributed by atoms with Crippen molar-refractivity contribution in [1.29, 1.82) is 0 Å². The van der Waals surface area contributed by atoms with Gasteiger partial charge in [0.05, 0.1) is 0 Å². The van der Waals surface area contributed by atoms with Gasteiger partial charge >= 0.3 is 0 Å². The molecule has 2 rings (SSSR count). The Morgan fingerprint density at radius 1 is 1.50 bits per heavy atom. The average Bonchev–Trinajstić information content (AvgIpc) is 3.05. The first-order chi connectivity index (χ1) is 7.72. The molecule has 1 saturated carbocycles. The Labute approximate surface area is 101 Å². The molecule has 1 aromatic carbocycles. The number of nitrogens with one attached hydrogen (secondary N) is 1. The predicted molar refractivity (Wildman–Crippen MR) is 65.2 cm³/mol. The van der Waals surface area contributed by atoms with Crippen LogP contribution in [-0.4, -0.2) is 6.54 Å². The molecule has 0 amide bonds. The van der Waals surface area contributed by atoms with Crippen LogP contribution in [0, 0.1) is 11.7 Å². The minimum absolute atomic E-state index is 0.164. The van der Waals surface area contributed by atoms with Crippen molar-refractivity contribution >= 4 is 11.6 Å². The summed E-state index contributed by atoms with van der Waals surface area (Å²) in [5.74, 6) is 0.412. The monoisotopic (exact) mass is 241 g/mol. The second kappa shape index (κ2) is 5.15. The van der Waals surface area contributed by atoms with E-state index in [1.165, 1.54) is 18.9 Å². The molecule has 0 aromatic heterocycles. The van der Waals surface area contributed by atoms with Crippen LogP contribution in [-0.2, 0) is 0 Å². The summed E-state index contributed by atoms with van der Waals surface area (Å²) in [6.07, 6.45) is 3.46. The van der Waals surface area contributed by atoms with Crippen LogP contribution in [0.25, 0.3) is 0 Å². The molecule has 16 heavy (non-hydrogen) atoms. The summed E-state index contributed by atoms with van der Waals surface area (Å²) < 4.78 is 13.8. The topological polar surface area (TPSA) is 12.0 Å². The molecule has 0 radical (unpaired) electrons. The Balaban J connectivity index is 2.17. The van der Waals surface area contributed by atoms with E-state index in [-0.39, 0.29) is 11.9 Å². The van der Waals surface area contributed by atoms with Gasteiger partial charge in [-0.2, -0.15) is 0 Å². The Morgan fingerprint density at radius 3 is 2.81 bits per heavy atom. The molecule has 0 heterocycles. The van der Waals surface area contributed by atoms with Crippen LogP contribution in [0.3, 0.4) is 0 Å². The number of halogens is 2. The molecule has 1 unspecified atom stereocenters. The molecule has 1 N–H and O–H groups in total. The zero-order chi connectivity index (χ0) is 11.5. The maximum Gasteiger partial charge on any atom is 0.129 e. The molecular formula is C13H17ClFN. The lowest BCUT2D eigenvalue weighted by Crippen LogP contribution is -2.24. The molecule has 0 aliphatic heterocycles. The van der Waals surface area contributed by atoms with Gasteiger partial charge < -0.3 is 5.32 Å². The van der Waals surface area contributed by atoms with Crippen molar-refractivity contribution in [2.24, 2.45) is 5.92 Å². The van der Waals surface area contributed by atoms with E-state index in [9.17, 15) is 4.39 Å². The normalized spacial score (nSPS) is 17.4. The van der Waals surface area contributed by atoms with Gasteiger partial charge in [-0.15, -0.1) is 0 Å². The summed E-state index contributed by atoms with van der Waals surface area (Å²) in [5.41, 5.74) is 0.764. The highest BCUT2D eigenvalue weighted by Crippen LogP contribution is 2.41. The predicted octanol–water partition coefficient (Wildman–Crippen LogP) is 3.93. The average molecular weight is 242 g/mol. The van der Waals surface area contributed by atoms with Crippen molar-refractivity contribution < 1.29 is 4.39 Å². The van der Waals surface area contributed by atoms with E-state index < -0.39 is 0 Å². The van der Waals surface area contributed by atoms with Gasteiger partial charge in [0, 0.05) is 16.6 Å². The zero-order valence-electron chi connectivity index (χ0n) is 9.47. The molecule has 1 aliphatic rings. The van der Waals surface area contributed by atoms with E-state index in [1.54, 1.807) is 6.07 Å². The van der Waals surface area contributed by atoms with E-state index in [0.717, 1.165) is 18.5 Å². The smallest absolute Gasteiger partial charge is 0.129 e. The lowest BCUT2D eigenvalue weighted by Gasteiger charge is -2.19. The van der Waals surface area contributed by atoms with Crippen molar-refractivity contribution in [2.75, 3.05) is 6.54 Å². The summed E-state index contributed by atoms with van der Waals surface area (Å²) in [5, 5.41) is 3.89. The molecule has 1 nitrogen and oxygen atoms in total. The number of hydrogen-bond donors (Lipinski definition) is 1. The SMILES string of the molecule is CCCNC(c1ccc(Cl)cc1F)C1CC1. The van der Waals surface area contributed by atoms with Crippen LogP contribution in [0.2, 0.25) is 5.02 Å². The van der Waals surface area contributed by atoms with E-state index in [4.69, 9.17) is 11.6 Å². The first kappa shape index (κ1) is 11.9. The fourth-order valence-electron chi connectivity index (χ4n) is 2.01. The first-order valence-electron chi connectivity index (χ1n) is 5.90. The van der Waals surface area contributed by atoms with Gasteiger partial charge in [0.2, 0.25) is 0 Å². The van der Waals surface area contributed by atoms with Crippen molar-refractivity contribution in [1.82, 2.24) is 5.32 Å². The third-order valence-corrected chi connectivity index (χ3v) is 3.24. The molecule has 0 spiro atoms. The van der Waals surface area contributed by atoms with E-state index in [0.29, 0.717) is 10.9 Å². The van der Waals surface area contributed by atoms with E-state index >= 15 is 0 Å². The molecule has 1 fully saturated rings. The van der Waals surface area contributed by atoms with Crippen molar-refractivity contribution in [2.45, 2.75) is 32.2 Å². The molecule has 3 heteroatoms. The lowest BCUT2D eigenvalue weighted by molar-refractivity contribution is 0.457. The summed E-state index contributed by atoms with van der Waals surface area (Å²) >= 11 is 5.76. The molecule has 1 atom stereocenters. The number of benzene rings is 1. The summed E-state index contributed by atoms with van der Waals surface area (Å²) in [6.45, 7) is 3.05. The summed E-state index contributed by atoms with van der Waals surface area (Å²) in [7, 11) is 0. The highest BCUT2D eigenvalue weighted by Gasteiger charge is 2.33. The molecule has 0 bridgehead atoms. The van der Waals surface area contributed by atoms with Crippen LogP contribution in [0.4, 0.5) is 4.39 Å². The standard InChI is InChI=1S/C13H17ClFN/c1-2-7-16-13(9-3-4-9)11-6-5-10(14)8-12(11)15/h5-6,8-9,13,16H,2-4,7H2,1H3. The highest BCUT2D eigenvalue weighted by molar-refractivity contribution is 6.30. The molecule has 1 aromatic rings. The van der Waals surface area contributed by atoms with Crippen molar-refractivity contribution in [3.63, 3.8) is 0 Å². The molecular weight excluding hydrogens is 225 g/mol. The molecule has 0 saturated heterocycles. The molecule has 1 aliphatic carbocycles. The minimum atomic E-state index is -0.187. The Hall–Kier alpha value is -0.600. The minimum Gasteiger partial charge on any atom is -0.310 e. The third kappa shape index (κ3) is 2.74. The van der Waals surface area contributed by atoms with Gasteiger partial charge in [-0.05, 0) is 43.9 Å². The van der Waals surface area contributed by atoms with Gasteiger partial charge in [-0.3, -0.25) is 0 Å². The highest BCUT2D eigenvalue weighted by atomic mass is 35.5. The van der Waals surface area contributed by atoms with Gasteiger partial charge in [-0.25, -0.2) is 4.39 Å². The Kier molecular flexibility index (Phi) is 3.82. The molecule has 88 valence electrons. The van der Waals surface area contributed by atoms with Crippen LogP contribution in [0.5, 0.6) is 0 Å². The Bertz CT molecular complexity index is 363.